The van der Waals surface area contributed by atoms with Crippen LogP contribution >= 0.6 is 27.5 Å². The molecule has 0 aliphatic heterocycles. The van der Waals surface area contributed by atoms with E-state index in [1.54, 1.807) is 0 Å². The summed E-state index contributed by atoms with van der Waals surface area (Å²) in [5.41, 5.74) is 2.41. The van der Waals surface area contributed by atoms with Crippen molar-refractivity contribution in [3.05, 3.63) is 81.3 Å². The smallest absolute Gasteiger partial charge is 0.0580 e. The molecule has 0 heterocycles. The average Bonchev–Trinajstić information content (AvgIpc) is 2.51. The fourth-order valence-electron chi connectivity index (χ4n) is 2.73. The van der Waals surface area contributed by atoms with E-state index in [-0.39, 0.29) is 6.04 Å². The molecule has 1 nitrogen and oxygen atoms in total. The number of rotatable bonds is 3. The average molecular weight is 361 g/mol. The Balaban J connectivity index is 2.20. The van der Waals surface area contributed by atoms with Crippen molar-refractivity contribution in [2.24, 2.45) is 0 Å². The highest BCUT2D eigenvalue weighted by molar-refractivity contribution is 9.10. The van der Waals surface area contributed by atoms with E-state index in [2.05, 4.69) is 63.7 Å². The van der Waals surface area contributed by atoms with E-state index in [9.17, 15) is 0 Å². The summed E-state index contributed by atoms with van der Waals surface area (Å²) in [6.07, 6.45) is 0. The first-order valence-corrected chi connectivity index (χ1v) is 7.97. The minimum absolute atomic E-state index is 0.113. The highest BCUT2D eigenvalue weighted by Crippen LogP contribution is 2.33. The Morgan fingerprint density at radius 2 is 1.71 bits per heavy atom. The molecule has 3 aromatic carbocycles. The minimum atomic E-state index is 0.113. The fourth-order valence-corrected chi connectivity index (χ4v) is 3.40. The quantitative estimate of drug-likeness (QED) is 0.644. The lowest BCUT2D eigenvalue weighted by molar-refractivity contribution is 0.697. The largest absolute Gasteiger partial charge is 0.309 e. The molecule has 0 spiro atoms. The third kappa shape index (κ3) is 2.84. The van der Waals surface area contributed by atoms with Crippen molar-refractivity contribution in [1.29, 1.82) is 0 Å². The van der Waals surface area contributed by atoms with Gasteiger partial charge in [-0.05, 0) is 47.1 Å². The van der Waals surface area contributed by atoms with Crippen LogP contribution in [0.4, 0.5) is 0 Å². The second-order valence-electron chi connectivity index (χ2n) is 4.96. The van der Waals surface area contributed by atoms with Gasteiger partial charge < -0.3 is 5.32 Å². The Kier molecular flexibility index (Phi) is 4.29. The molecular formula is C18H15BrClN. The van der Waals surface area contributed by atoms with Gasteiger partial charge in [-0.15, -0.1) is 0 Å². The normalized spacial score (nSPS) is 12.5. The van der Waals surface area contributed by atoms with Gasteiger partial charge in [-0.2, -0.15) is 0 Å². The van der Waals surface area contributed by atoms with Crippen molar-refractivity contribution in [2.75, 3.05) is 7.05 Å². The Bertz CT molecular complexity index is 785. The van der Waals surface area contributed by atoms with Crippen LogP contribution < -0.4 is 5.32 Å². The number of benzene rings is 3. The van der Waals surface area contributed by atoms with Crippen molar-refractivity contribution in [1.82, 2.24) is 5.32 Å². The van der Waals surface area contributed by atoms with Crippen LogP contribution in [0.5, 0.6) is 0 Å². The van der Waals surface area contributed by atoms with E-state index in [1.807, 2.05) is 25.2 Å². The van der Waals surface area contributed by atoms with E-state index >= 15 is 0 Å². The van der Waals surface area contributed by atoms with E-state index in [4.69, 9.17) is 11.6 Å². The zero-order chi connectivity index (χ0) is 14.8. The van der Waals surface area contributed by atoms with Crippen LogP contribution in [0.2, 0.25) is 5.02 Å². The minimum Gasteiger partial charge on any atom is -0.309 e. The second-order valence-corrected chi connectivity index (χ2v) is 6.25. The van der Waals surface area contributed by atoms with Gasteiger partial charge in [0.2, 0.25) is 0 Å². The standard InChI is InChI=1S/C18H15BrClN/c1-21-18(12-5-4-6-13(20)11-12)16-9-10-17(19)15-8-3-2-7-14(15)16/h2-11,18,21H,1H3. The number of nitrogens with one attached hydrogen (secondary N) is 1. The molecule has 0 aliphatic carbocycles. The molecule has 0 saturated heterocycles. The van der Waals surface area contributed by atoms with Crippen LogP contribution in [0, 0.1) is 0 Å². The number of halogens is 2. The van der Waals surface area contributed by atoms with Crippen molar-refractivity contribution >= 4 is 38.3 Å². The molecule has 1 unspecified atom stereocenters. The molecule has 106 valence electrons. The van der Waals surface area contributed by atoms with Crippen molar-refractivity contribution < 1.29 is 0 Å². The van der Waals surface area contributed by atoms with Crippen molar-refractivity contribution in [3.63, 3.8) is 0 Å². The van der Waals surface area contributed by atoms with Gasteiger partial charge in [0.25, 0.3) is 0 Å². The Morgan fingerprint density at radius 3 is 2.43 bits per heavy atom. The summed E-state index contributed by atoms with van der Waals surface area (Å²) < 4.78 is 1.11. The monoisotopic (exact) mass is 359 g/mol. The van der Waals surface area contributed by atoms with Crippen LogP contribution in [-0.4, -0.2) is 7.05 Å². The molecule has 21 heavy (non-hydrogen) atoms. The summed E-state index contributed by atoms with van der Waals surface area (Å²) in [6, 6.07) is 20.8. The lowest BCUT2D eigenvalue weighted by Crippen LogP contribution is -2.18. The summed E-state index contributed by atoms with van der Waals surface area (Å²) in [5.74, 6) is 0. The lowest BCUT2D eigenvalue weighted by atomic mass is 9.94. The van der Waals surface area contributed by atoms with Crippen molar-refractivity contribution in [2.45, 2.75) is 6.04 Å². The van der Waals surface area contributed by atoms with Gasteiger partial charge in [-0.1, -0.05) is 70.0 Å². The van der Waals surface area contributed by atoms with Gasteiger partial charge in [0.15, 0.2) is 0 Å². The Labute approximate surface area is 138 Å². The second kappa shape index (κ2) is 6.18. The maximum absolute atomic E-state index is 6.14. The highest BCUT2D eigenvalue weighted by Gasteiger charge is 2.15. The summed E-state index contributed by atoms with van der Waals surface area (Å²) >= 11 is 9.77. The number of fused-ring (bicyclic) bond motifs is 1. The number of hydrogen-bond acceptors (Lipinski definition) is 1. The third-order valence-electron chi connectivity index (χ3n) is 3.69. The molecule has 1 atom stereocenters. The summed E-state index contributed by atoms with van der Waals surface area (Å²) in [7, 11) is 1.97. The van der Waals surface area contributed by atoms with Crippen molar-refractivity contribution in [3.8, 4) is 0 Å². The first-order valence-electron chi connectivity index (χ1n) is 6.80. The summed E-state index contributed by atoms with van der Waals surface area (Å²) in [5, 5.41) is 6.62. The molecule has 0 fully saturated rings. The van der Waals surface area contributed by atoms with E-state index in [0.29, 0.717) is 0 Å². The zero-order valence-electron chi connectivity index (χ0n) is 11.6. The molecule has 0 bridgehead atoms. The maximum atomic E-state index is 6.14. The molecule has 3 heteroatoms. The highest BCUT2D eigenvalue weighted by atomic mass is 79.9. The third-order valence-corrected chi connectivity index (χ3v) is 4.61. The maximum Gasteiger partial charge on any atom is 0.0580 e. The Morgan fingerprint density at radius 1 is 0.952 bits per heavy atom. The topological polar surface area (TPSA) is 12.0 Å². The SMILES string of the molecule is CNC(c1cccc(Cl)c1)c1ccc(Br)c2ccccc12. The molecule has 0 aliphatic rings. The van der Waals surface area contributed by atoms with Gasteiger partial charge in [-0.25, -0.2) is 0 Å². The van der Waals surface area contributed by atoms with Gasteiger partial charge in [0.05, 0.1) is 6.04 Å². The molecule has 3 aromatic rings. The molecule has 1 N–H and O–H groups in total. The molecule has 0 amide bonds. The first kappa shape index (κ1) is 14.6. The van der Waals surface area contributed by atoms with Crippen LogP contribution in [0.25, 0.3) is 10.8 Å². The van der Waals surface area contributed by atoms with Gasteiger partial charge in [0, 0.05) is 9.50 Å². The van der Waals surface area contributed by atoms with Gasteiger partial charge in [0.1, 0.15) is 0 Å². The summed E-state index contributed by atoms with van der Waals surface area (Å²) in [4.78, 5) is 0. The Hall–Kier alpha value is -1.35. The van der Waals surface area contributed by atoms with E-state index in [1.165, 1.54) is 16.3 Å². The first-order chi connectivity index (χ1) is 10.2. The van der Waals surface area contributed by atoms with Crippen LogP contribution in [-0.2, 0) is 0 Å². The van der Waals surface area contributed by atoms with Crippen LogP contribution in [0.3, 0.4) is 0 Å². The van der Waals surface area contributed by atoms with Gasteiger partial charge in [-0.3, -0.25) is 0 Å². The van der Waals surface area contributed by atoms with Crippen LogP contribution in [0.1, 0.15) is 17.2 Å². The zero-order valence-corrected chi connectivity index (χ0v) is 13.9. The molecule has 0 saturated carbocycles. The predicted molar refractivity (Wildman–Crippen MR) is 94.0 cm³/mol. The lowest BCUT2D eigenvalue weighted by Gasteiger charge is -2.20. The van der Waals surface area contributed by atoms with Crippen LogP contribution in [0.15, 0.2) is 65.1 Å². The summed E-state index contributed by atoms with van der Waals surface area (Å²) in [6.45, 7) is 0. The van der Waals surface area contributed by atoms with Gasteiger partial charge >= 0.3 is 0 Å². The molecule has 3 rings (SSSR count). The fraction of sp³-hybridized carbons (Fsp3) is 0.111. The molecule has 0 radical (unpaired) electrons. The number of hydrogen-bond donors (Lipinski definition) is 1. The van der Waals surface area contributed by atoms with E-state index in [0.717, 1.165) is 15.1 Å². The molecule has 0 aromatic heterocycles. The predicted octanol–water partition coefficient (Wildman–Crippen LogP) is 5.56. The molecular weight excluding hydrogens is 346 g/mol. The van der Waals surface area contributed by atoms with E-state index < -0.39 is 0 Å².